The Kier molecular flexibility index (Phi) is 5.18. The number of carbonyl (C=O) groups is 1. The first-order valence-electron chi connectivity index (χ1n) is 5.75. The summed E-state index contributed by atoms with van der Waals surface area (Å²) >= 11 is 0. The highest BCUT2D eigenvalue weighted by Gasteiger charge is 2.30. The highest BCUT2D eigenvalue weighted by atomic mass is 16.7. The van der Waals surface area contributed by atoms with Gasteiger partial charge in [-0.05, 0) is 18.8 Å². The number of carbonyl (C=O) groups excluding carboxylic acids is 1. The molecule has 1 heterocycles. The van der Waals surface area contributed by atoms with Crippen LogP contribution in [-0.4, -0.2) is 38.0 Å². The average Bonchev–Trinajstić information content (AvgIpc) is 2.64. The van der Waals surface area contributed by atoms with E-state index in [0.717, 1.165) is 6.42 Å². The number of hydrogen-bond acceptors (Lipinski definition) is 4. The highest BCUT2D eigenvalue weighted by Crippen LogP contribution is 2.14. The molecule has 0 aromatic rings. The van der Waals surface area contributed by atoms with E-state index in [1.165, 1.54) is 0 Å². The zero-order valence-electron chi connectivity index (χ0n) is 10.2. The second kappa shape index (κ2) is 6.18. The number of nitrogens with two attached hydrogens (primary N) is 1. The summed E-state index contributed by atoms with van der Waals surface area (Å²) in [6.07, 6.45) is 1.13. The fraction of sp³-hybridized carbons (Fsp3) is 0.909. The molecule has 3 N–H and O–H groups in total. The van der Waals surface area contributed by atoms with Crippen LogP contribution < -0.4 is 11.1 Å². The van der Waals surface area contributed by atoms with Crippen LogP contribution in [0.5, 0.6) is 0 Å². The minimum atomic E-state index is -0.446. The predicted octanol–water partition coefficient (Wildman–Crippen LogP) is 0.237. The van der Waals surface area contributed by atoms with Crippen LogP contribution in [-0.2, 0) is 14.3 Å². The van der Waals surface area contributed by atoms with Gasteiger partial charge < -0.3 is 20.5 Å². The van der Waals surface area contributed by atoms with Gasteiger partial charge in [0.2, 0.25) is 5.91 Å². The van der Waals surface area contributed by atoms with Gasteiger partial charge >= 0.3 is 0 Å². The summed E-state index contributed by atoms with van der Waals surface area (Å²) in [6.45, 7) is 4.70. The molecule has 1 amide bonds. The minimum absolute atomic E-state index is 0.0734. The van der Waals surface area contributed by atoms with Gasteiger partial charge in [-0.1, -0.05) is 13.8 Å². The second-order valence-electron chi connectivity index (χ2n) is 4.61. The Labute approximate surface area is 96.7 Å². The number of amides is 1. The van der Waals surface area contributed by atoms with Gasteiger partial charge in [-0.2, -0.15) is 0 Å². The van der Waals surface area contributed by atoms with E-state index < -0.39 is 6.04 Å². The lowest BCUT2D eigenvalue weighted by atomic mass is 10.0. The van der Waals surface area contributed by atoms with Crippen molar-refractivity contribution < 1.29 is 14.3 Å². The first-order chi connectivity index (χ1) is 7.54. The molecule has 0 saturated carbocycles. The number of methoxy groups -OCH3 is 1. The van der Waals surface area contributed by atoms with Crippen molar-refractivity contribution >= 4 is 5.91 Å². The first-order valence-corrected chi connectivity index (χ1v) is 5.75. The SMILES string of the molecule is COC1OCC[C@@H]1NC(=O)[C@@H](N)CC(C)C. The van der Waals surface area contributed by atoms with E-state index in [2.05, 4.69) is 5.32 Å². The van der Waals surface area contributed by atoms with Gasteiger partial charge in [0.25, 0.3) is 0 Å². The van der Waals surface area contributed by atoms with Gasteiger partial charge in [-0.3, -0.25) is 4.79 Å². The molecule has 1 fully saturated rings. The van der Waals surface area contributed by atoms with Crippen molar-refractivity contribution in [1.29, 1.82) is 0 Å². The lowest BCUT2D eigenvalue weighted by Gasteiger charge is -2.21. The van der Waals surface area contributed by atoms with Crippen molar-refractivity contribution in [3.63, 3.8) is 0 Å². The van der Waals surface area contributed by atoms with Crippen LogP contribution in [0.4, 0.5) is 0 Å². The van der Waals surface area contributed by atoms with Crippen LogP contribution in [0, 0.1) is 5.92 Å². The van der Waals surface area contributed by atoms with Gasteiger partial charge in [0.1, 0.15) is 0 Å². The molecule has 0 radical (unpaired) electrons. The Morgan fingerprint density at radius 2 is 2.31 bits per heavy atom. The lowest BCUT2D eigenvalue weighted by Crippen LogP contribution is -2.48. The molecule has 0 aromatic heterocycles. The highest BCUT2D eigenvalue weighted by molar-refractivity contribution is 5.81. The van der Waals surface area contributed by atoms with Crippen LogP contribution >= 0.6 is 0 Å². The molecule has 5 heteroatoms. The molecule has 16 heavy (non-hydrogen) atoms. The van der Waals surface area contributed by atoms with E-state index in [0.29, 0.717) is 18.9 Å². The van der Waals surface area contributed by atoms with Crippen LogP contribution in [0.25, 0.3) is 0 Å². The minimum Gasteiger partial charge on any atom is -0.354 e. The van der Waals surface area contributed by atoms with E-state index in [4.69, 9.17) is 15.2 Å². The quantitative estimate of drug-likeness (QED) is 0.709. The fourth-order valence-electron chi connectivity index (χ4n) is 1.84. The monoisotopic (exact) mass is 230 g/mol. The van der Waals surface area contributed by atoms with Gasteiger partial charge in [0.15, 0.2) is 6.29 Å². The Morgan fingerprint density at radius 1 is 1.62 bits per heavy atom. The van der Waals surface area contributed by atoms with E-state index in [-0.39, 0.29) is 18.2 Å². The second-order valence-corrected chi connectivity index (χ2v) is 4.61. The topological polar surface area (TPSA) is 73.6 Å². The first kappa shape index (κ1) is 13.4. The van der Waals surface area contributed by atoms with E-state index in [9.17, 15) is 4.79 Å². The Hall–Kier alpha value is -0.650. The van der Waals surface area contributed by atoms with Crippen LogP contribution in [0.2, 0.25) is 0 Å². The van der Waals surface area contributed by atoms with Gasteiger partial charge in [0, 0.05) is 7.11 Å². The number of nitrogens with one attached hydrogen (secondary N) is 1. The normalized spacial score (nSPS) is 27.1. The number of rotatable bonds is 5. The van der Waals surface area contributed by atoms with Crippen molar-refractivity contribution in [1.82, 2.24) is 5.32 Å². The maximum absolute atomic E-state index is 11.7. The maximum atomic E-state index is 11.7. The summed E-state index contributed by atoms with van der Waals surface area (Å²) in [5, 5.41) is 2.87. The molecule has 0 spiro atoms. The van der Waals surface area contributed by atoms with Crippen molar-refractivity contribution in [2.45, 2.75) is 45.1 Å². The molecule has 3 atom stereocenters. The third-order valence-electron chi connectivity index (χ3n) is 2.66. The van der Waals surface area contributed by atoms with Crippen molar-refractivity contribution in [2.75, 3.05) is 13.7 Å². The molecule has 1 rings (SSSR count). The van der Waals surface area contributed by atoms with Gasteiger partial charge in [-0.25, -0.2) is 0 Å². The molecule has 0 aliphatic carbocycles. The van der Waals surface area contributed by atoms with Crippen LogP contribution in [0.1, 0.15) is 26.7 Å². The van der Waals surface area contributed by atoms with Crippen molar-refractivity contribution in [3.05, 3.63) is 0 Å². The maximum Gasteiger partial charge on any atom is 0.237 e. The molecule has 5 nitrogen and oxygen atoms in total. The van der Waals surface area contributed by atoms with Crippen LogP contribution in [0.3, 0.4) is 0 Å². The molecule has 1 unspecified atom stereocenters. The van der Waals surface area contributed by atoms with E-state index in [1.54, 1.807) is 7.11 Å². The van der Waals surface area contributed by atoms with Crippen molar-refractivity contribution in [2.24, 2.45) is 11.7 Å². The fourth-order valence-corrected chi connectivity index (χ4v) is 1.84. The Morgan fingerprint density at radius 3 is 2.88 bits per heavy atom. The zero-order valence-corrected chi connectivity index (χ0v) is 10.2. The molecule has 0 bridgehead atoms. The van der Waals surface area contributed by atoms with E-state index in [1.807, 2.05) is 13.8 Å². The molecule has 1 saturated heterocycles. The summed E-state index contributed by atoms with van der Waals surface area (Å²) < 4.78 is 10.4. The number of hydrogen-bond donors (Lipinski definition) is 2. The zero-order chi connectivity index (χ0) is 12.1. The van der Waals surface area contributed by atoms with Crippen LogP contribution in [0.15, 0.2) is 0 Å². The summed E-state index contributed by atoms with van der Waals surface area (Å²) in [5.74, 6) is 0.296. The third-order valence-corrected chi connectivity index (χ3v) is 2.66. The lowest BCUT2D eigenvalue weighted by molar-refractivity contribution is -0.129. The smallest absolute Gasteiger partial charge is 0.237 e. The summed E-state index contributed by atoms with van der Waals surface area (Å²) in [6, 6.07) is -0.520. The molecule has 1 aliphatic rings. The third kappa shape index (κ3) is 3.73. The molecular weight excluding hydrogens is 208 g/mol. The Balaban J connectivity index is 2.38. The summed E-state index contributed by atoms with van der Waals surface area (Å²) in [7, 11) is 1.57. The predicted molar refractivity (Wildman–Crippen MR) is 60.7 cm³/mol. The van der Waals surface area contributed by atoms with Gasteiger partial charge in [0.05, 0.1) is 18.7 Å². The van der Waals surface area contributed by atoms with E-state index >= 15 is 0 Å². The Bertz CT molecular complexity index is 233. The largest absolute Gasteiger partial charge is 0.354 e. The molecule has 1 aliphatic heterocycles. The molecule has 94 valence electrons. The number of ether oxygens (including phenoxy) is 2. The summed E-state index contributed by atoms with van der Waals surface area (Å²) in [5.41, 5.74) is 5.79. The molecule has 0 aromatic carbocycles. The average molecular weight is 230 g/mol. The molecular formula is C11H22N2O3. The summed E-state index contributed by atoms with van der Waals surface area (Å²) in [4.78, 5) is 11.7. The van der Waals surface area contributed by atoms with Gasteiger partial charge in [-0.15, -0.1) is 0 Å². The van der Waals surface area contributed by atoms with Crippen molar-refractivity contribution in [3.8, 4) is 0 Å². The standard InChI is InChI=1S/C11H22N2O3/c1-7(2)6-8(12)10(14)13-9-4-5-16-11(9)15-3/h7-9,11H,4-6,12H2,1-3H3,(H,13,14)/t8-,9-,11?/m0/s1.